The maximum atomic E-state index is 12.2. The summed E-state index contributed by atoms with van der Waals surface area (Å²) in [6, 6.07) is 21.4. The summed E-state index contributed by atoms with van der Waals surface area (Å²) in [6.45, 7) is 7.01. The lowest BCUT2D eigenvalue weighted by Crippen LogP contribution is -2.11. The summed E-state index contributed by atoms with van der Waals surface area (Å²) in [4.78, 5) is 12.2. The molecule has 0 fully saturated rings. The maximum Gasteiger partial charge on any atom is 0.311 e. The van der Waals surface area contributed by atoms with E-state index < -0.39 is 0 Å². The van der Waals surface area contributed by atoms with E-state index in [1.54, 1.807) is 6.07 Å². The Morgan fingerprint density at radius 2 is 1.57 bits per heavy atom. The molecule has 0 aliphatic rings. The predicted octanol–water partition coefficient (Wildman–Crippen LogP) is 6.65. The number of furan rings is 1. The molecule has 0 unspecified atom stereocenters. The Morgan fingerprint density at radius 1 is 0.867 bits per heavy atom. The SMILES string of the molecule is CC(C)(C)c1ccc(OCCCC(=O)Oc2ccc3oc4ccccc4c3c2)cc1. The predicted molar refractivity (Wildman–Crippen MR) is 119 cm³/mol. The minimum absolute atomic E-state index is 0.119. The van der Waals surface area contributed by atoms with Crippen LogP contribution in [-0.2, 0) is 10.2 Å². The van der Waals surface area contributed by atoms with Crippen LogP contribution in [0.5, 0.6) is 11.5 Å². The van der Waals surface area contributed by atoms with Crippen molar-refractivity contribution in [3.05, 3.63) is 72.3 Å². The molecule has 0 atom stereocenters. The van der Waals surface area contributed by atoms with Crippen LogP contribution in [0.1, 0.15) is 39.2 Å². The summed E-state index contributed by atoms with van der Waals surface area (Å²) in [6.07, 6.45) is 0.890. The average Bonchev–Trinajstić information content (AvgIpc) is 3.09. The van der Waals surface area contributed by atoms with E-state index in [9.17, 15) is 4.79 Å². The molecule has 0 aliphatic carbocycles. The van der Waals surface area contributed by atoms with Gasteiger partial charge in [-0.15, -0.1) is 0 Å². The van der Waals surface area contributed by atoms with Crippen LogP contribution in [0.15, 0.2) is 71.1 Å². The van der Waals surface area contributed by atoms with Gasteiger partial charge in [0.05, 0.1) is 6.61 Å². The minimum atomic E-state index is -0.270. The normalized spacial score (nSPS) is 11.7. The zero-order valence-electron chi connectivity index (χ0n) is 17.6. The highest BCUT2D eigenvalue weighted by Gasteiger charge is 2.13. The lowest BCUT2D eigenvalue weighted by Gasteiger charge is -2.19. The van der Waals surface area contributed by atoms with Crippen LogP contribution >= 0.6 is 0 Å². The van der Waals surface area contributed by atoms with E-state index in [2.05, 4.69) is 32.9 Å². The molecule has 0 aliphatic heterocycles. The standard InChI is InChI=1S/C26H26O4/c1-26(2,3)18-10-12-19(13-11-18)28-16-6-9-25(27)29-20-14-15-24-22(17-20)21-7-4-5-8-23(21)30-24/h4-5,7-8,10-15,17H,6,9,16H2,1-3H3. The van der Waals surface area contributed by atoms with Crippen LogP contribution in [-0.4, -0.2) is 12.6 Å². The third-order valence-electron chi connectivity index (χ3n) is 5.09. The van der Waals surface area contributed by atoms with Gasteiger partial charge in [-0.1, -0.05) is 51.1 Å². The Kier molecular flexibility index (Phi) is 5.49. The molecular weight excluding hydrogens is 376 g/mol. The van der Waals surface area contributed by atoms with Gasteiger partial charge in [0, 0.05) is 17.2 Å². The molecule has 4 heteroatoms. The van der Waals surface area contributed by atoms with Crippen molar-refractivity contribution in [2.75, 3.05) is 6.61 Å². The van der Waals surface area contributed by atoms with E-state index in [1.807, 2.05) is 48.5 Å². The van der Waals surface area contributed by atoms with Crippen molar-refractivity contribution >= 4 is 27.9 Å². The lowest BCUT2D eigenvalue weighted by molar-refractivity contribution is -0.134. The molecule has 0 saturated heterocycles. The Bertz CT molecular complexity index is 1160. The highest BCUT2D eigenvalue weighted by Crippen LogP contribution is 2.31. The first-order valence-corrected chi connectivity index (χ1v) is 10.3. The van der Waals surface area contributed by atoms with E-state index in [4.69, 9.17) is 13.9 Å². The fourth-order valence-electron chi connectivity index (χ4n) is 3.41. The van der Waals surface area contributed by atoms with Crippen molar-refractivity contribution in [3.8, 4) is 11.5 Å². The number of para-hydroxylation sites is 1. The molecule has 4 nitrogen and oxygen atoms in total. The molecule has 4 aromatic rings. The highest BCUT2D eigenvalue weighted by molar-refractivity contribution is 6.05. The van der Waals surface area contributed by atoms with Gasteiger partial charge < -0.3 is 13.9 Å². The molecule has 1 aromatic heterocycles. The second-order valence-corrected chi connectivity index (χ2v) is 8.46. The second-order valence-electron chi connectivity index (χ2n) is 8.46. The number of hydrogen-bond acceptors (Lipinski definition) is 4. The molecule has 0 bridgehead atoms. The molecular formula is C26H26O4. The van der Waals surface area contributed by atoms with Crippen LogP contribution in [0, 0.1) is 0 Å². The van der Waals surface area contributed by atoms with E-state index in [0.29, 0.717) is 25.2 Å². The Morgan fingerprint density at radius 3 is 2.33 bits per heavy atom. The first-order chi connectivity index (χ1) is 14.4. The van der Waals surface area contributed by atoms with E-state index >= 15 is 0 Å². The van der Waals surface area contributed by atoms with Crippen LogP contribution in [0.2, 0.25) is 0 Å². The molecule has 0 amide bonds. The topological polar surface area (TPSA) is 48.7 Å². The van der Waals surface area contributed by atoms with Gasteiger partial charge in [-0.05, 0) is 53.8 Å². The van der Waals surface area contributed by atoms with Crippen LogP contribution in [0.3, 0.4) is 0 Å². The fraction of sp³-hybridized carbons (Fsp3) is 0.269. The number of carbonyl (C=O) groups is 1. The Labute approximate surface area is 176 Å². The van der Waals surface area contributed by atoms with Crippen molar-refractivity contribution in [1.29, 1.82) is 0 Å². The number of esters is 1. The first kappa shape index (κ1) is 20.0. The number of rotatable bonds is 6. The van der Waals surface area contributed by atoms with Crippen LogP contribution in [0.25, 0.3) is 21.9 Å². The van der Waals surface area contributed by atoms with E-state index in [1.165, 1.54) is 5.56 Å². The fourth-order valence-corrected chi connectivity index (χ4v) is 3.41. The van der Waals surface area contributed by atoms with Crippen molar-refractivity contribution in [2.45, 2.75) is 39.0 Å². The Balaban J connectivity index is 1.29. The summed E-state index contributed by atoms with van der Waals surface area (Å²) in [5, 5.41) is 1.95. The van der Waals surface area contributed by atoms with Gasteiger partial charge in [-0.25, -0.2) is 0 Å². The van der Waals surface area contributed by atoms with Crippen LogP contribution in [0.4, 0.5) is 0 Å². The molecule has 4 rings (SSSR count). The molecule has 1 heterocycles. The quantitative estimate of drug-likeness (QED) is 0.206. The molecule has 0 N–H and O–H groups in total. The molecule has 3 aromatic carbocycles. The summed E-state index contributed by atoms with van der Waals surface area (Å²) in [7, 11) is 0. The number of hydrogen-bond donors (Lipinski definition) is 0. The third kappa shape index (κ3) is 4.48. The highest BCUT2D eigenvalue weighted by atomic mass is 16.5. The molecule has 0 radical (unpaired) electrons. The monoisotopic (exact) mass is 402 g/mol. The summed E-state index contributed by atoms with van der Waals surface area (Å²) >= 11 is 0. The molecule has 0 spiro atoms. The number of benzene rings is 3. The van der Waals surface area contributed by atoms with Gasteiger partial charge in [-0.2, -0.15) is 0 Å². The molecule has 30 heavy (non-hydrogen) atoms. The van der Waals surface area contributed by atoms with Gasteiger partial charge in [0.2, 0.25) is 0 Å². The average molecular weight is 402 g/mol. The van der Waals surface area contributed by atoms with Crippen molar-refractivity contribution in [1.82, 2.24) is 0 Å². The largest absolute Gasteiger partial charge is 0.494 e. The minimum Gasteiger partial charge on any atom is -0.494 e. The van der Waals surface area contributed by atoms with E-state index in [0.717, 1.165) is 27.7 Å². The summed E-state index contributed by atoms with van der Waals surface area (Å²) in [5.41, 5.74) is 2.99. The zero-order chi connectivity index (χ0) is 21.1. The second kappa shape index (κ2) is 8.23. The summed E-state index contributed by atoms with van der Waals surface area (Å²) < 4.78 is 17.1. The molecule has 0 saturated carbocycles. The number of fused-ring (bicyclic) bond motifs is 3. The maximum absolute atomic E-state index is 12.2. The van der Waals surface area contributed by atoms with Gasteiger partial charge >= 0.3 is 5.97 Å². The Hall–Kier alpha value is -3.27. The van der Waals surface area contributed by atoms with Crippen molar-refractivity contribution in [3.63, 3.8) is 0 Å². The molecule has 154 valence electrons. The lowest BCUT2D eigenvalue weighted by atomic mass is 9.87. The van der Waals surface area contributed by atoms with Gasteiger partial charge in [0.25, 0.3) is 0 Å². The smallest absolute Gasteiger partial charge is 0.311 e. The van der Waals surface area contributed by atoms with Gasteiger partial charge in [-0.3, -0.25) is 4.79 Å². The van der Waals surface area contributed by atoms with Crippen molar-refractivity contribution in [2.24, 2.45) is 0 Å². The van der Waals surface area contributed by atoms with Crippen LogP contribution < -0.4 is 9.47 Å². The third-order valence-corrected chi connectivity index (χ3v) is 5.09. The van der Waals surface area contributed by atoms with Crippen molar-refractivity contribution < 1.29 is 18.7 Å². The van der Waals surface area contributed by atoms with Gasteiger partial charge in [0.1, 0.15) is 22.7 Å². The van der Waals surface area contributed by atoms with Gasteiger partial charge in [0.15, 0.2) is 0 Å². The number of ether oxygens (including phenoxy) is 2. The number of carbonyl (C=O) groups excluding carboxylic acids is 1. The van der Waals surface area contributed by atoms with E-state index in [-0.39, 0.29) is 11.4 Å². The zero-order valence-corrected chi connectivity index (χ0v) is 17.6. The first-order valence-electron chi connectivity index (χ1n) is 10.3. The summed E-state index contributed by atoms with van der Waals surface area (Å²) in [5.74, 6) is 1.07.